The van der Waals surface area contributed by atoms with Crippen molar-refractivity contribution in [3.05, 3.63) is 59.2 Å². The molecule has 2 aliphatic heterocycles. The molecule has 0 radical (unpaired) electrons. The Morgan fingerprint density at radius 3 is 2.52 bits per heavy atom. The summed E-state index contributed by atoms with van der Waals surface area (Å²) in [5.74, 6) is 2.67. The fourth-order valence-electron chi connectivity index (χ4n) is 4.13. The lowest BCUT2D eigenvalue weighted by Gasteiger charge is -2.36. The number of guanidine groups is 1. The smallest absolute Gasteiger partial charge is 0.231 e. The van der Waals surface area contributed by atoms with Crippen molar-refractivity contribution < 1.29 is 9.47 Å². The maximum absolute atomic E-state index is 5.51. The topological polar surface area (TPSA) is 52.6 Å². The lowest BCUT2D eigenvalue weighted by molar-refractivity contribution is 0.171. The molecule has 0 spiro atoms. The molecule has 2 aliphatic rings. The van der Waals surface area contributed by atoms with E-state index < -0.39 is 0 Å². The number of rotatable bonds is 6. The number of nitrogens with one attached hydrogen (secondary N) is 1. The van der Waals surface area contributed by atoms with Crippen LogP contribution in [0.25, 0.3) is 0 Å². The fraction of sp³-hybridized carbons (Fsp3) is 0.458. The number of fused-ring (bicyclic) bond motifs is 1. The molecule has 1 fully saturated rings. The summed E-state index contributed by atoms with van der Waals surface area (Å²) in [6.07, 6.45) is 0. The van der Waals surface area contributed by atoms with E-state index in [4.69, 9.17) is 9.47 Å². The van der Waals surface area contributed by atoms with Gasteiger partial charge in [-0.05, 0) is 42.9 Å². The third kappa shape index (κ3) is 5.68. The normalized spacial score (nSPS) is 16.8. The van der Waals surface area contributed by atoms with Crippen molar-refractivity contribution in [2.45, 2.75) is 19.6 Å². The SMILES string of the molecule is CN=C(NCc1cccc(CN(C)C)c1)N1CCN(Cc2ccc3c(c2)OCO3)CC1. The molecular formula is C24H33N5O2. The highest BCUT2D eigenvalue weighted by atomic mass is 16.7. The molecule has 0 unspecified atom stereocenters. The van der Waals surface area contributed by atoms with Crippen LogP contribution in [0.3, 0.4) is 0 Å². The molecule has 166 valence electrons. The van der Waals surface area contributed by atoms with Crippen molar-refractivity contribution in [2.75, 3.05) is 54.1 Å². The molecule has 1 saturated heterocycles. The van der Waals surface area contributed by atoms with Crippen molar-refractivity contribution >= 4 is 5.96 Å². The van der Waals surface area contributed by atoms with Crippen LogP contribution in [0.5, 0.6) is 11.5 Å². The van der Waals surface area contributed by atoms with Crippen molar-refractivity contribution in [3.8, 4) is 11.5 Å². The number of benzene rings is 2. The maximum Gasteiger partial charge on any atom is 0.231 e. The minimum absolute atomic E-state index is 0.323. The van der Waals surface area contributed by atoms with Gasteiger partial charge in [0.25, 0.3) is 0 Å². The summed E-state index contributed by atoms with van der Waals surface area (Å²) in [7, 11) is 6.06. The zero-order valence-corrected chi connectivity index (χ0v) is 18.8. The van der Waals surface area contributed by atoms with Crippen LogP contribution in [0, 0.1) is 0 Å². The summed E-state index contributed by atoms with van der Waals surface area (Å²) in [6, 6.07) is 15.0. The first-order valence-corrected chi connectivity index (χ1v) is 10.9. The third-order valence-corrected chi connectivity index (χ3v) is 5.67. The van der Waals surface area contributed by atoms with E-state index in [0.717, 1.165) is 63.3 Å². The molecule has 0 aromatic heterocycles. The van der Waals surface area contributed by atoms with Gasteiger partial charge in [-0.25, -0.2) is 0 Å². The van der Waals surface area contributed by atoms with E-state index in [1.54, 1.807) is 0 Å². The van der Waals surface area contributed by atoms with Gasteiger partial charge in [0.1, 0.15) is 0 Å². The van der Waals surface area contributed by atoms with Crippen LogP contribution < -0.4 is 14.8 Å². The molecule has 0 aliphatic carbocycles. The average molecular weight is 424 g/mol. The van der Waals surface area contributed by atoms with E-state index in [-0.39, 0.29) is 0 Å². The second-order valence-electron chi connectivity index (χ2n) is 8.41. The number of hydrogen-bond acceptors (Lipinski definition) is 5. The Morgan fingerprint density at radius 1 is 0.968 bits per heavy atom. The molecule has 0 bridgehead atoms. The molecule has 4 rings (SSSR count). The summed E-state index contributed by atoms with van der Waals surface area (Å²) in [5, 5.41) is 3.54. The minimum atomic E-state index is 0.323. The number of aliphatic imine (C=N–C) groups is 1. The number of piperazine rings is 1. The number of hydrogen-bond donors (Lipinski definition) is 1. The van der Waals surface area contributed by atoms with Gasteiger partial charge in [-0.15, -0.1) is 0 Å². The summed E-state index contributed by atoms with van der Waals surface area (Å²) >= 11 is 0. The van der Waals surface area contributed by atoms with Crippen molar-refractivity contribution in [1.82, 2.24) is 20.0 Å². The molecule has 7 nitrogen and oxygen atoms in total. The predicted molar refractivity (Wildman–Crippen MR) is 123 cm³/mol. The van der Waals surface area contributed by atoms with E-state index >= 15 is 0 Å². The van der Waals surface area contributed by atoms with Gasteiger partial charge in [-0.3, -0.25) is 9.89 Å². The molecule has 7 heteroatoms. The standard InChI is InChI=1S/C24H33N5O2/c1-25-24(26-15-19-5-4-6-20(13-19)16-27(2)3)29-11-9-28(10-12-29)17-21-7-8-22-23(14-21)31-18-30-22/h4-8,13-14H,9-12,15-18H2,1-3H3,(H,25,26). The zero-order chi connectivity index (χ0) is 21.6. The first-order chi connectivity index (χ1) is 15.1. The Morgan fingerprint density at radius 2 is 1.74 bits per heavy atom. The summed E-state index contributed by atoms with van der Waals surface area (Å²) < 4.78 is 10.9. The Bertz CT molecular complexity index is 907. The first kappa shape index (κ1) is 21.5. The molecule has 2 heterocycles. The van der Waals surface area contributed by atoms with Crippen molar-refractivity contribution in [3.63, 3.8) is 0 Å². The van der Waals surface area contributed by atoms with E-state index in [2.05, 4.69) is 75.5 Å². The number of ether oxygens (including phenoxy) is 2. The molecule has 2 aromatic rings. The lowest BCUT2D eigenvalue weighted by atomic mass is 10.1. The molecular weight excluding hydrogens is 390 g/mol. The molecule has 0 amide bonds. The average Bonchev–Trinajstić information content (AvgIpc) is 3.23. The monoisotopic (exact) mass is 423 g/mol. The van der Waals surface area contributed by atoms with Crippen LogP contribution in [0.4, 0.5) is 0 Å². The van der Waals surface area contributed by atoms with Crippen LogP contribution in [0.1, 0.15) is 16.7 Å². The quantitative estimate of drug-likeness (QED) is 0.569. The van der Waals surface area contributed by atoms with Gasteiger partial charge < -0.3 is 24.6 Å². The lowest BCUT2D eigenvalue weighted by Crippen LogP contribution is -2.52. The summed E-state index contributed by atoms with van der Waals surface area (Å²) in [6.45, 7) is 6.93. The Balaban J connectivity index is 1.26. The van der Waals surface area contributed by atoms with E-state index in [0.29, 0.717) is 6.79 Å². The van der Waals surface area contributed by atoms with Gasteiger partial charge in [0.15, 0.2) is 17.5 Å². The minimum Gasteiger partial charge on any atom is -0.454 e. The fourth-order valence-corrected chi connectivity index (χ4v) is 4.13. The highest BCUT2D eigenvalue weighted by molar-refractivity contribution is 5.80. The second-order valence-corrected chi connectivity index (χ2v) is 8.41. The van der Waals surface area contributed by atoms with Gasteiger partial charge in [-0.1, -0.05) is 30.3 Å². The second kappa shape index (κ2) is 10.0. The summed E-state index contributed by atoms with van der Waals surface area (Å²) in [5.41, 5.74) is 3.87. The van der Waals surface area contributed by atoms with Crippen molar-refractivity contribution in [1.29, 1.82) is 0 Å². The maximum atomic E-state index is 5.51. The van der Waals surface area contributed by atoms with Crippen LogP contribution >= 0.6 is 0 Å². The van der Waals surface area contributed by atoms with E-state index in [1.165, 1.54) is 16.7 Å². The van der Waals surface area contributed by atoms with E-state index in [9.17, 15) is 0 Å². The van der Waals surface area contributed by atoms with Gasteiger partial charge in [0.2, 0.25) is 6.79 Å². The van der Waals surface area contributed by atoms with Gasteiger partial charge >= 0.3 is 0 Å². The van der Waals surface area contributed by atoms with Crippen LogP contribution in [0.2, 0.25) is 0 Å². The van der Waals surface area contributed by atoms with Gasteiger partial charge in [-0.2, -0.15) is 0 Å². The molecule has 1 N–H and O–H groups in total. The van der Waals surface area contributed by atoms with Crippen LogP contribution in [-0.4, -0.2) is 74.8 Å². The number of nitrogens with zero attached hydrogens (tertiary/aromatic N) is 4. The molecule has 0 atom stereocenters. The van der Waals surface area contributed by atoms with Gasteiger partial charge in [0, 0.05) is 52.9 Å². The highest BCUT2D eigenvalue weighted by Gasteiger charge is 2.21. The predicted octanol–water partition coefficient (Wildman–Crippen LogP) is 2.37. The third-order valence-electron chi connectivity index (χ3n) is 5.67. The Labute approximate surface area is 185 Å². The molecule has 2 aromatic carbocycles. The van der Waals surface area contributed by atoms with E-state index in [1.807, 2.05) is 13.1 Å². The van der Waals surface area contributed by atoms with Crippen LogP contribution in [-0.2, 0) is 19.6 Å². The first-order valence-electron chi connectivity index (χ1n) is 10.9. The molecule has 0 saturated carbocycles. The largest absolute Gasteiger partial charge is 0.454 e. The van der Waals surface area contributed by atoms with Crippen molar-refractivity contribution in [2.24, 2.45) is 4.99 Å². The summed E-state index contributed by atoms with van der Waals surface area (Å²) in [4.78, 5) is 11.5. The Kier molecular flexibility index (Phi) is 6.94. The van der Waals surface area contributed by atoms with Gasteiger partial charge in [0.05, 0.1) is 0 Å². The molecule has 31 heavy (non-hydrogen) atoms. The zero-order valence-electron chi connectivity index (χ0n) is 18.8. The highest BCUT2D eigenvalue weighted by Crippen LogP contribution is 2.32. The van der Waals surface area contributed by atoms with Crippen LogP contribution in [0.15, 0.2) is 47.5 Å². The Hall–Kier alpha value is -2.77.